The highest BCUT2D eigenvalue weighted by Crippen LogP contribution is 2.25. The number of pyridine rings is 1. The Morgan fingerprint density at radius 2 is 1.79 bits per heavy atom. The van der Waals surface area contributed by atoms with Crippen molar-refractivity contribution in [2.45, 2.75) is 26.7 Å². The van der Waals surface area contributed by atoms with E-state index in [1.807, 2.05) is 55.5 Å². The molecule has 2 aromatic carbocycles. The van der Waals surface area contributed by atoms with E-state index in [-0.39, 0.29) is 5.91 Å². The summed E-state index contributed by atoms with van der Waals surface area (Å²) in [6.45, 7) is 6.80. The number of nitrogens with zero attached hydrogens (tertiary/aromatic N) is 1. The Labute approximate surface area is 165 Å². The monoisotopic (exact) mass is 375 g/mol. The SMILES string of the molecule is CCOc1ccc(Nc2cncc(C(=O)Nc3ccccc3C(C)C)c2)cc1. The van der Waals surface area contributed by atoms with Crippen molar-refractivity contribution in [3.05, 3.63) is 78.1 Å². The summed E-state index contributed by atoms with van der Waals surface area (Å²) in [6, 6.07) is 17.3. The van der Waals surface area contributed by atoms with E-state index in [1.54, 1.807) is 18.5 Å². The molecule has 3 rings (SSSR count). The quantitative estimate of drug-likeness (QED) is 0.564. The lowest BCUT2D eigenvalue weighted by Gasteiger charge is -2.14. The van der Waals surface area contributed by atoms with Crippen LogP contribution in [0.2, 0.25) is 0 Å². The number of amides is 1. The Bertz CT molecular complexity index is 937. The summed E-state index contributed by atoms with van der Waals surface area (Å²) in [7, 11) is 0. The Kier molecular flexibility index (Phi) is 6.27. The van der Waals surface area contributed by atoms with Crippen LogP contribution in [0.5, 0.6) is 5.75 Å². The highest BCUT2D eigenvalue weighted by molar-refractivity contribution is 6.05. The third-order valence-corrected chi connectivity index (χ3v) is 4.29. The second-order valence-corrected chi connectivity index (χ2v) is 6.74. The van der Waals surface area contributed by atoms with Crippen LogP contribution in [0.4, 0.5) is 17.1 Å². The van der Waals surface area contributed by atoms with Crippen molar-refractivity contribution in [1.82, 2.24) is 4.98 Å². The van der Waals surface area contributed by atoms with E-state index in [2.05, 4.69) is 29.5 Å². The average molecular weight is 375 g/mol. The normalized spacial score (nSPS) is 10.6. The molecule has 1 heterocycles. The van der Waals surface area contributed by atoms with Crippen LogP contribution in [0.1, 0.15) is 42.6 Å². The zero-order valence-electron chi connectivity index (χ0n) is 16.4. The molecule has 3 aromatic rings. The van der Waals surface area contributed by atoms with Gasteiger partial charge in [-0.25, -0.2) is 0 Å². The van der Waals surface area contributed by atoms with Crippen molar-refractivity contribution in [2.24, 2.45) is 0 Å². The molecule has 144 valence electrons. The van der Waals surface area contributed by atoms with E-state index in [1.165, 1.54) is 0 Å². The Morgan fingerprint density at radius 1 is 1.04 bits per heavy atom. The van der Waals surface area contributed by atoms with Gasteiger partial charge in [-0.05, 0) is 54.8 Å². The lowest BCUT2D eigenvalue weighted by molar-refractivity contribution is 0.102. The Hall–Kier alpha value is -3.34. The van der Waals surface area contributed by atoms with Gasteiger partial charge >= 0.3 is 0 Å². The highest BCUT2D eigenvalue weighted by Gasteiger charge is 2.12. The smallest absolute Gasteiger partial charge is 0.257 e. The summed E-state index contributed by atoms with van der Waals surface area (Å²) >= 11 is 0. The minimum Gasteiger partial charge on any atom is -0.494 e. The molecule has 0 spiro atoms. The van der Waals surface area contributed by atoms with Gasteiger partial charge in [0.25, 0.3) is 5.91 Å². The predicted molar refractivity (Wildman–Crippen MR) is 114 cm³/mol. The number of ether oxygens (including phenoxy) is 1. The van der Waals surface area contributed by atoms with Gasteiger partial charge in [0.1, 0.15) is 5.75 Å². The third kappa shape index (κ3) is 4.88. The van der Waals surface area contributed by atoms with Crippen LogP contribution >= 0.6 is 0 Å². The molecule has 1 amide bonds. The molecular weight excluding hydrogens is 350 g/mol. The van der Waals surface area contributed by atoms with Gasteiger partial charge in [-0.1, -0.05) is 32.0 Å². The van der Waals surface area contributed by atoms with Gasteiger partial charge in [0.15, 0.2) is 0 Å². The number of nitrogens with one attached hydrogen (secondary N) is 2. The van der Waals surface area contributed by atoms with E-state index in [4.69, 9.17) is 4.74 Å². The molecular formula is C23H25N3O2. The first-order valence-corrected chi connectivity index (χ1v) is 9.42. The average Bonchev–Trinajstić information content (AvgIpc) is 2.70. The summed E-state index contributed by atoms with van der Waals surface area (Å²) in [4.78, 5) is 16.9. The van der Waals surface area contributed by atoms with Gasteiger partial charge < -0.3 is 15.4 Å². The van der Waals surface area contributed by atoms with Crippen LogP contribution in [0.25, 0.3) is 0 Å². The number of para-hydroxylation sites is 1. The van der Waals surface area contributed by atoms with Gasteiger partial charge in [-0.15, -0.1) is 0 Å². The lowest BCUT2D eigenvalue weighted by Crippen LogP contribution is -2.14. The molecule has 0 saturated carbocycles. The fourth-order valence-electron chi connectivity index (χ4n) is 2.91. The maximum absolute atomic E-state index is 12.7. The predicted octanol–water partition coefficient (Wildman–Crippen LogP) is 5.60. The minimum absolute atomic E-state index is 0.184. The van der Waals surface area contributed by atoms with Crippen molar-refractivity contribution >= 4 is 23.0 Å². The topological polar surface area (TPSA) is 63.2 Å². The minimum atomic E-state index is -0.184. The first-order valence-electron chi connectivity index (χ1n) is 9.42. The fraction of sp³-hybridized carbons (Fsp3) is 0.217. The first kappa shape index (κ1) is 19.4. The Morgan fingerprint density at radius 3 is 2.50 bits per heavy atom. The zero-order chi connectivity index (χ0) is 19.9. The second kappa shape index (κ2) is 9.04. The molecule has 0 fully saturated rings. The second-order valence-electron chi connectivity index (χ2n) is 6.74. The van der Waals surface area contributed by atoms with Crippen molar-refractivity contribution in [3.8, 4) is 5.75 Å². The van der Waals surface area contributed by atoms with Crippen molar-refractivity contribution in [3.63, 3.8) is 0 Å². The zero-order valence-corrected chi connectivity index (χ0v) is 16.4. The molecule has 5 heteroatoms. The fourth-order valence-corrected chi connectivity index (χ4v) is 2.91. The number of benzene rings is 2. The number of hydrogen-bond donors (Lipinski definition) is 2. The van der Waals surface area contributed by atoms with Crippen LogP contribution < -0.4 is 15.4 Å². The van der Waals surface area contributed by atoms with Gasteiger partial charge in [0.05, 0.1) is 24.1 Å². The molecule has 0 aliphatic carbocycles. The molecule has 0 radical (unpaired) electrons. The maximum Gasteiger partial charge on any atom is 0.257 e. The van der Waals surface area contributed by atoms with E-state index < -0.39 is 0 Å². The van der Waals surface area contributed by atoms with E-state index in [0.717, 1.165) is 28.4 Å². The molecule has 28 heavy (non-hydrogen) atoms. The molecule has 0 unspecified atom stereocenters. The largest absolute Gasteiger partial charge is 0.494 e. The van der Waals surface area contributed by atoms with Gasteiger partial charge in [0, 0.05) is 17.6 Å². The van der Waals surface area contributed by atoms with Crippen molar-refractivity contribution in [2.75, 3.05) is 17.2 Å². The van der Waals surface area contributed by atoms with Crippen molar-refractivity contribution < 1.29 is 9.53 Å². The molecule has 0 aliphatic rings. The molecule has 5 nitrogen and oxygen atoms in total. The van der Waals surface area contributed by atoms with Gasteiger partial charge in [0.2, 0.25) is 0 Å². The summed E-state index contributed by atoms with van der Waals surface area (Å²) in [5.74, 6) is 0.960. The molecule has 0 bridgehead atoms. The lowest BCUT2D eigenvalue weighted by atomic mass is 10.0. The van der Waals surface area contributed by atoms with Gasteiger partial charge in [-0.2, -0.15) is 0 Å². The van der Waals surface area contributed by atoms with E-state index >= 15 is 0 Å². The maximum atomic E-state index is 12.7. The number of anilines is 3. The first-order chi connectivity index (χ1) is 13.6. The van der Waals surface area contributed by atoms with Crippen LogP contribution in [-0.2, 0) is 0 Å². The van der Waals surface area contributed by atoms with E-state index in [9.17, 15) is 4.79 Å². The third-order valence-electron chi connectivity index (χ3n) is 4.29. The molecule has 0 atom stereocenters. The Balaban J connectivity index is 1.73. The van der Waals surface area contributed by atoms with Crippen LogP contribution in [0.3, 0.4) is 0 Å². The molecule has 2 N–H and O–H groups in total. The van der Waals surface area contributed by atoms with Crippen LogP contribution in [0.15, 0.2) is 67.0 Å². The van der Waals surface area contributed by atoms with Gasteiger partial charge in [-0.3, -0.25) is 9.78 Å². The summed E-state index contributed by atoms with van der Waals surface area (Å²) < 4.78 is 5.45. The molecule has 1 aromatic heterocycles. The summed E-state index contributed by atoms with van der Waals surface area (Å²) in [5.41, 5.74) is 4.07. The van der Waals surface area contributed by atoms with E-state index in [0.29, 0.717) is 18.1 Å². The number of carbonyl (C=O) groups excluding carboxylic acids is 1. The number of rotatable bonds is 7. The molecule has 0 saturated heterocycles. The van der Waals surface area contributed by atoms with Crippen molar-refractivity contribution in [1.29, 1.82) is 0 Å². The highest BCUT2D eigenvalue weighted by atomic mass is 16.5. The van der Waals surface area contributed by atoms with Crippen LogP contribution in [-0.4, -0.2) is 17.5 Å². The standard InChI is InChI=1S/C23H25N3O2/c1-4-28-20-11-9-18(10-12-20)25-19-13-17(14-24-15-19)23(27)26-22-8-6-5-7-21(22)16(2)3/h5-16,25H,4H2,1-3H3,(H,26,27). The number of carbonyl (C=O) groups is 1. The molecule has 0 aliphatic heterocycles. The van der Waals surface area contributed by atoms with Crippen LogP contribution in [0, 0.1) is 0 Å². The number of hydrogen-bond acceptors (Lipinski definition) is 4. The number of aromatic nitrogens is 1. The summed E-state index contributed by atoms with van der Waals surface area (Å²) in [5, 5.41) is 6.26. The summed E-state index contributed by atoms with van der Waals surface area (Å²) in [6.07, 6.45) is 3.26.